The minimum absolute atomic E-state index is 0.157. The number of nitrogens with one attached hydrogen (secondary N) is 1. The van der Waals surface area contributed by atoms with Gasteiger partial charge in [-0.2, -0.15) is 0 Å². The highest BCUT2D eigenvalue weighted by atomic mass is 14.7. The van der Waals surface area contributed by atoms with Gasteiger partial charge in [-0.15, -0.1) is 0 Å². The van der Waals surface area contributed by atoms with Gasteiger partial charge in [0.05, 0.1) is 0 Å². The Hall–Kier alpha value is -1.31. The van der Waals surface area contributed by atoms with Gasteiger partial charge in [0.25, 0.3) is 0 Å². The summed E-state index contributed by atoms with van der Waals surface area (Å²) in [6.07, 6.45) is 0. The van der Waals surface area contributed by atoms with Gasteiger partial charge < -0.3 is 5.73 Å². The SMILES string of the molecule is Cc1cc(C)c(C(=N)N)c(C)c1. The van der Waals surface area contributed by atoms with Gasteiger partial charge in [-0.25, -0.2) is 0 Å². The first-order valence-corrected chi connectivity index (χ1v) is 3.94. The van der Waals surface area contributed by atoms with E-state index in [0.717, 1.165) is 16.7 Å². The minimum Gasteiger partial charge on any atom is -0.384 e. The van der Waals surface area contributed by atoms with E-state index in [-0.39, 0.29) is 5.84 Å². The molecule has 0 atom stereocenters. The molecule has 0 spiro atoms. The van der Waals surface area contributed by atoms with E-state index in [2.05, 4.69) is 0 Å². The molecule has 2 nitrogen and oxygen atoms in total. The van der Waals surface area contributed by atoms with Crippen LogP contribution < -0.4 is 5.73 Å². The summed E-state index contributed by atoms with van der Waals surface area (Å²) in [7, 11) is 0. The lowest BCUT2D eigenvalue weighted by Crippen LogP contribution is -2.14. The van der Waals surface area contributed by atoms with Crippen LogP contribution in [0.15, 0.2) is 12.1 Å². The van der Waals surface area contributed by atoms with Crippen LogP contribution in [0.4, 0.5) is 0 Å². The van der Waals surface area contributed by atoms with Crippen LogP contribution in [0.3, 0.4) is 0 Å². The Morgan fingerprint density at radius 1 is 1.17 bits per heavy atom. The summed E-state index contributed by atoms with van der Waals surface area (Å²) < 4.78 is 0. The van der Waals surface area contributed by atoms with Gasteiger partial charge in [0, 0.05) is 5.56 Å². The molecule has 2 heteroatoms. The van der Waals surface area contributed by atoms with Crippen molar-refractivity contribution in [2.75, 3.05) is 0 Å². The second-order valence-corrected chi connectivity index (χ2v) is 3.19. The van der Waals surface area contributed by atoms with Gasteiger partial charge in [-0.3, -0.25) is 5.41 Å². The molecular weight excluding hydrogens is 148 g/mol. The lowest BCUT2D eigenvalue weighted by molar-refractivity contribution is 1.27. The molecule has 0 aromatic heterocycles. The molecule has 3 N–H and O–H groups in total. The van der Waals surface area contributed by atoms with Crippen molar-refractivity contribution >= 4 is 5.84 Å². The van der Waals surface area contributed by atoms with Crippen molar-refractivity contribution in [2.24, 2.45) is 5.73 Å². The third-order valence-corrected chi connectivity index (χ3v) is 1.95. The monoisotopic (exact) mass is 162 g/mol. The fraction of sp³-hybridized carbons (Fsp3) is 0.300. The van der Waals surface area contributed by atoms with Gasteiger partial charge in [-0.1, -0.05) is 17.7 Å². The zero-order chi connectivity index (χ0) is 9.30. The minimum atomic E-state index is 0.157. The predicted octanol–water partition coefficient (Wildman–Crippen LogP) is 1.90. The maximum Gasteiger partial charge on any atom is 0.123 e. The van der Waals surface area contributed by atoms with Gasteiger partial charge in [0.1, 0.15) is 5.84 Å². The molecule has 1 aromatic rings. The third-order valence-electron chi connectivity index (χ3n) is 1.95. The van der Waals surface area contributed by atoms with E-state index < -0.39 is 0 Å². The van der Waals surface area contributed by atoms with Crippen LogP contribution in [-0.4, -0.2) is 5.84 Å². The second-order valence-electron chi connectivity index (χ2n) is 3.19. The van der Waals surface area contributed by atoms with Crippen molar-refractivity contribution in [1.82, 2.24) is 0 Å². The summed E-state index contributed by atoms with van der Waals surface area (Å²) >= 11 is 0. The van der Waals surface area contributed by atoms with Crippen molar-refractivity contribution in [3.05, 3.63) is 34.4 Å². The van der Waals surface area contributed by atoms with Crippen LogP contribution in [0.1, 0.15) is 22.3 Å². The Labute approximate surface area is 72.9 Å². The number of nitrogen functional groups attached to an aromatic ring is 1. The van der Waals surface area contributed by atoms with Crippen LogP contribution in [0, 0.1) is 26.2 Å². The summed E-state index contributed by atoms with van der Waals surface area (Å²) in [5.74, 6) is 0.157. The molecule has 0 fully saturated rings. The molecule has 0 saturated heterocycles. The summed E-state index contributed by atoms with van der Waals surface area (Å²) in [6.45, 7) is 6.01. The zero-order valence-electron chi connectivity index (χ0n) is 7.73. The van der Waals surface area contributed by atoms with E-state index in [0.29, 0.717) is 0 Å². The highest BCUT2D eigenvalue weighted by Gasteiger charge is 2.05. The fourth-order valence-corrected chi connectivity index (χ4v) is 1.60. The summed E-state index contributed by atoms with van der Waals surface area (Å²) in [5.41, 5.74) is 9.71. The molecule has 12 heavy (non-hydrogen) atoms. The predicted molar refractivity (Wildman–Crippen MR) is 51.7 cm³/mol. The third kappa shape index (κ3) is 1.47. The van der Waals surface area contributed by atoms with Crippen molar-refractivity contribution in [2.45, 2.75) is 20.8 Å². The largest absolute Gasteiger partial charge is 0.384 e. The maximum atomic E-state index is 7.37. The normalized spacial score (nSPS) is 9.92. The molecule has 0 amide bonds. The molecule has 1 aromatic carbocycles. The van der Waals surface area contributed by atoms with Gasteiger partial charge >= 0.3 is 0 Å². The average Bonchev–Trinajstić information content (AvgIpc) is 1.82. The molecule has 64 valence electrons. The Bertz CT molecular complexity index is 304. The van der Waals surface area contributed by atoms with Crippen LogP contribution in [0.25, 0.3) is 0 Å². The molecule has 0 bridgehead atoms. The molecule has 0 aliphatic rings. The number of aryl methyl sites for hydroxylation is 3. The van der Waals surface area contributed by atoms with Gasteiger partial charge in [0.2, 0.25) is 0 Å². The number of benzene rings is 1. The maximum absolute atomic E-state index is 7.37. The molecule has 0 unspecified atom stereocenters. The summed E-state index contributed by atoms with van der Waals surface area (Å²) in [5, 5.41) is 7.37. The van der Waals surface area contributed by atoms with E-state index >= 15 is 0 Å². The van der Waals surface area contributed by atoms with Crippen molar-refractivity contribution in [3.63, 3.8) is 0 Å². The molecule has 1 rings (SSSR count). The Kier molecular flexibility index (Phi) is 2.18. The fourth-order valence-electron chi connectivity index (χ4n) is 1.60. The smallest absolute Gasteiger partial charge is 0.123 e. The van der Waals surface area contributed by atoms with Crippen LogP contribution in [0.5, 0.6) is 0 Å². The van der Waals surface area contributed by atoms with E-state index in [1.807, 2.05) is 32.9 Å². The lowest BCUT2D eigenvalue weighted by atomic mass is 9.99. The lowest BCUT2D eigenvalue weighted by Gasteiger charge is -2.08. The Morgan fingerprint density at radius 2 is 1.58 bits per heavy atom. The molecule has 0 aliphatic heterocycles. The van der Waals surface area contributed by atoms with Crippen molar-refractivity contribution in [3.8, 4) is 0 Å². The van der Waals surface area contributed by atoms with Crippen molar-refractivity contribution in [1.29, 1.82) is 5.41 Å². The first kappa shape index (κ1) is 8.78. The molecule has 0 saturated carbocycles. The molecule has 0 heterocycles. The Balaban J connectivity index is 3.38. The van der Waals surface area contributed by atoms with E-state index in [1.165, 1.54) is 5.56 Å². The highest BCUT2D eigenvalue weighted by Crippen LogP contribution is 2.15. The van der Waals surface area contributed by atoms with Gasteiger partial charge in [0.15, 0.2) is 0 Å². The molecule has 0 aliphatic carbocycles. The van der Waals surface area contributed by atoms with Crippen LogP contribution in [0.2, 0.25) is 0 Å². The second kappa shape index (κ2) is 2.97. The number of nitrogens with two attached hydrogens (primary N) is 1. The average molecular weight is 162 g/mol. The Morgan fingerprint density at radius 3 is 1.92 bits per heavy atom. The summed E-state index contributed by atoms with van der Waals surface area (Å²) in [4.78, 5) is 0. The topological polar surface area (TPSA) is 49.9 Å². The van der Waals surface area contributed by atoms with Crippen LogP contribution >= 0.6 is 0 Å². The number of hydrogen-bond acceptors (Lipinski definition) is 1. The molecular formula is C10H14N2. The number of rotatable bonds is 1. The van der Waals surface area contributed by atoms with E-state index in [9.17, 15) is 0 Å². The molecule has 0 radical (unpaired) electrons. The standard InChI is InChI=1S/C10H14N2/c1-6-4-7(2)9(10(11)12)8(3)5-6/h4-5H,1-3H3,(H3,11,12). The van der Waals surface area contributed by atoms with Crippen molar-refractivity contribution < 1.29 is 0 Å². The van der Waals surface area contributed by atoms with E-state index in [1.54, 1.807) is 0 Å². The highest BCUT2D eigenvalue weighted by molar-refractivity contribution is 5.97. The van der Waals surface area contributed by atoms with Crippen LogP contribution in [-0.2, 0) is 0 Å². The first-order valence-electron chi connectivity index (χ1n) is 3.94. The van der Waals surface area contributed by atoms with E-state index in [4.69, 9.17) is 11.1 Å². The zero-order valence-corrected chi connectivity index (χ0v) is 7.73. The van der Waals surface area contributed by atoms with Gasteiger partial charge in [-0.05, 0) is 31.9 Å². The first-order chi connectivity index (χ1) is 5.52. The number of amidine groups is 1. The number of hydrogen-bond donors (Lipinski definition) is 2. The summed E-state index contributed by atoms with van der Waals surface area (Å²) in [6, 6.07) is 4.09. The quantitative estimate of drug-likeness (QED) is 0.481.